The molecule has 26 heavy (non-hydrogen) atoms. The van der Waals surface area contributed by atoms with E-state index in [1.54, 1.807) is 18.2 Å². The van der Waals surface area contributed by atoms with Gasteiger partial charge in [0.2, 0.25) is 0 Å². The van der Waals surface area contributed by atoms with Crippen molar-refractivity contribution in [1.82, 2.24) is 14.3 Å². The Morgan fingerprint density at radius 3 is 2.77 bits per heavy atom. The first-order valence-corrected chi connectivity index (χ1v) is 10.6. The monoisotopic (exact) mass is 381 g/mol. The van der Waals surface area contributed by atoms with E-state index >= 15 is 0 Å². The van der Waals surface area contributed by atoms with Crippen LogP contribution in [0.1, 0.15) is 43.6 Å². The molecule has 0 radical (unpaired) electrons. The summed E-state index contributed by atoms with van der Waals surface area (Å²) < 4.78 is 25.4. The molecule has 0 aromatic heterocycles. The van der Waals surface area contributed by atoms with E-state index in [1.807, 2.05) is 6.07 Å². The highest BCUT2D eigenvalue weighted by molar-refractivity contribution is 7.95. The molecule has 0 amide bonds. The normalized spacial score (nSPS) is 29.8. The number of ether oxygens (including phenoxy) is 1. The summed E-state index contributed by atoms with van der Waals surface area (Å²) in [5.74, 6) is 0.866. The van der Waals surface area contributed by atoms with Crippen LogP contribution in [0.15, 0.2) is 24.3 Å². The quantitative estimate of drug-likeness (QED) is 0.707. The first kappa shape index (κ1) is 20.1. The molecule has 0 spiro atoms. The summed E-state index contributed by atoms with van der Waals surface area (Å²) in [4.78, 5) is 0. The fourth-order valence-electron chi connectivity index (χ4n) is 4.01. The van der Waals surface area contributed by atoms with Crippen LogP contribution >= 0.6 is 12.1 Å². The lowest BCUT2D eigenvalue weighted by atomic mass is 9.82. The Kier molecular flexibility index (Phi) is 7.76. The lowest BCUT2D eigenvalue weighted by Crippen LogP contribution is -2.48. The molecule has 3 rings (SSSR count). The summed E-state index contributed by atoms with van der Waals surface area (Å²) in [7, 11) is 4.11. The number of hydrogen-bond acceptors (Lipinski definition) is 5. The molecule has 2 atom stereocenters. The maximum absolute atomic E-state index is 13.4. The summed E-state index contributed by atoms with van der Waals surface area (Å²) in [5.41, 5.74) is 1.14. The van der Waals surface area contributed by atoms with E-state index in [4.69, 9.17) is 4.74 Å². The molecule has 1 aromatic rings. The van der Waals surface area contributed by atoms with Gasteiger partial charge >= 0.3 is 0 Å². The van der Waals surface area contributed by atoms with E-state index in [0.29, 0.717) is 24.0 Å². The van der Waals surface area contributed by atoms with Crippen molar-refractivity contribution >= 4 is 12.1 Å². The Bertz CT molecular complexity index is 552. The molecule has 1 saturated carbocycles. The standard InChI is InChI=1S/C20H32FN3OS/c1-24(2)26-23-20-10-11-22-13-17(20)14-25-19-8-6-15(7-9-19)16-4-3-5-18(21)12-16/h3-5,12,15,17,19-20,22-23H,6-11,13-14H2,1-2H3. The Labute approximate surface area is 161 Å². The van der Waals surface area contributed by atoms with Gasteiger partial charge in [-0.2, -0.15) is 0 Å². The first-order chi connectivity index (χ1) is 12.6. The molecule has 1 aliphatic heterocycles. The van der Waals surface area contributed by atoms with Crippen LogP contribution in [0.4, 0.5) is 4.39 Å². The number of piperidine rings is 1. The fourth-order valence-corrected chi connectivity index (χ4v) is 4.67. The Morgan fingerprint density at radius 1 is 1.23 bits per heavy atom. The summed E-state index contributed by atoms with van der Waals surface area (Å²) in [5, 5.41) is 3.50. The zero-order chi connectivity index (χ0) is 18.4. The van der Waals surface area contributed by atoms with Crippen molar-refractivity contribution in [2.45, 2.75) is 50.2 Å². The minimum Gasteiger partial charge on any atom is -0.378 e. The third-order valence-corrected chi connectivity index (χ3v) is 6.31. The lowest BCUT2D eigenvalue weighted by molar-refractivity contribution is -0.00392. The van der Waals surface area contributed by atoms with Crippen molar-refractivity contribution < 1.29 is 9.13 Å². The molecular weight excluding hydrogens is 349 g/mol. The molecule has 2 unspecified atom stereocenters. The molecule has 1 aliphatic carbocycles. The number of hydrogen-bond donors (Lipinski definition) is 2. The van der Waals surface area contributed by atoms with Crippen molar-refractivity contribution in [2.24, 2.45) is 5.92 Å². The Morgan fingerprint density at radius 2 is 2.04 bits per heavy atom. The van der Waals surface area contributed by atoms with Crippen molar-refractivity contribution in [3.05, 3.63) is 35.6 Å². The first-order valence-electron chi connectivity index (χ1n) is 9.79. The van der Waals surface area contributed by atoms with E-state index in [0.717, 1.165) is 57.4 Å². The Balaban J connectivity index is 1.42. The van der Waals surface area contributed by atoms with E-state index in [2.05, 4.69) is 34.5 Å². The zero-order valence-electron chi connectivity index (χ0n) is 15.9. The minimum absolute atomic E-state index is 0.125. The average Bonchev–Trinajstić information content (AvgIpc) is 2.66. The summed E-state index contributed by atoms with van der Waals surface area (Å²) in [6.07, 6.45) is 5.83. The second kappa shape index (κ2) is 10.0. The SMILES string of the molecule is CN(C)SNC1CCNCC1COC1CCC(c2cccc(F)c2)CC1. The number of halogens is 1. The van der Waals surface area contributed by atoms with Crippen LogP contribution in [0.2, 0.25) is 0 Å². The van der Waals surface area contributed by atoms with Gasteiger partial charge in [-0.05, 0) is 76.4 Å². The van der Waals surface area contributed by atoms with Gasteiger partial charge < -0.3 is 10.1 Å². The van der Waals surface area contributed by atoms with Gasteiger partial charge in [-0.1, -0.05) is 12.1 Å². The maximum Gasteiger partial charge on any atom is 0.123 e. The van der Waals surface area contributed by atoms with Crippen LogP contribution in [0.5, 0.6) is 0 Å². The second-order valence-corrected chi connectivity index (χ2v) is 8.89. The molecule has 0 bridgehead atoms. The van der Waals surface area contributed by atoms with Crippen molar-refractivity contribution in [3.8, 4) is 0 Å². The molecule has 1 saturated heterocycles. The predicted molar refractivity (Wildman–Crippen MR) is 107 cm³/mol. The van der Waals surface area contributed by atoms with Crippen LogP contribution in [-0.4, -0.2) is 50.2 Å². The highest BCUT2D eigenvalue weighted by atomic mass is 32.2. The van der Waals surface area contributed by atoms with Crippen LogP contribution < -0.4 is 10.0 Å². The van der Waals surface area contributed by atoms with E-state index < -0.39 is 0 Å². The molecule has 2 N–H and O–H groups in total. The van der Waals surface area contributed by atoms with Gasteiger partial charge in [-0.25, -0.2) is 13.4 Å². The van der Waals surface area contributed by atoms with Gasteiger partial charge in [-0.15, -0.1) is 0 Å². The molecule has 1 heterocycles. The third-order valence-electron chi connectivity index (χ3n) is 5.53. The molecule has 2 aliphatic rings. The smallest absolute Gasteiger partial charge is 0.123 e. The predicted octanol–water partition coefficient (Wildman–Crippen LogP) is 3.56. The third kappa shape index (κ3) is 5.92. The fraction of sp³-hybridized carbons (Fsp3) is 0.700. The van der Waals surface area contributed by atoms with Gasteiger partial charge in [0.25, 0.3) is 0 Å². The maximum atomic E-state index is 13.4. The molecule has 146 valence electrons. The molecule has 2 fully saturated rings. The lowest BCUT2D eigenvalue weighted by Gasteiger charge is -2.35. The number of nitrogens with zero attached hydrogens (tertiary/aromatic N) is 1. The van der Waals surface area contributed by atoms with Crippen molar-refractivity contribution in [2.75, 3.05) is 33.8 Å². The van der Waals surface area contributed by atoms with Crippen LogP contribution in [0, 0.1) is 11.7 Å². The molecule has 1 aromatic carbocycles. The zero-order valence-corrected chi connectivity index (χ0v) is 16.7. The van der Waals surface area contributed by atoms with Crippen molar-refractivity contribution in [1.29, 1.82) is 0 Å². The van der Waals surface area contributed by atoms with E-state index in [9.17, 15) is 4.39 Å². The van der Waals surface area contributed by atoms with Gasteiger partial charge in [0.1, 0.15) is 5.82 Å². The van der Waals surface area contributed by atoms with Crippen LogP contribution in [-0.2, 0) is 4.74 Å². The molecule has 6 heteroatoms. The second-order valence-electron chi connectivity index (χ2n) is 7.74. The van der Waals surface area contributed by atoms with Gasteiger partial charge in [0.05, 0.1) is 12.7 Å². The number of benzene rings is 1. The number of nitrogens with one attached hydrogen (secondary N) is 2. The summed E-state index contributed by atoms with van der Waals surface area (Å²) >= 11 is 1.67. The minimum atomic E-state index is -0.125. The van der Waals surface area contributed by atoms with E-state index in [-0.39, 0.29) is 5.82 Å². The highest BCUT2D eigenvalue weighted by Crippen LogP contribution is 2.34. The highest BCUT2D eigenvalue weighted by Gasteiger charge is 2.28. The average molecular weight is 382 g/mol. The number of rotatable bonds is 7. The molecular formula is C20H32FN3OS. The Hall–Kier alpha value is -0.660. The largest absolute Gasteiger partial charge is 0.378 e. The van der Waals surface area contributed by atoms with Crippen LogP contribution in [0.25, 0.3) is 0 Å². The van der Waals surface area contributed by atoms with Gasteiger partial charge in [0.15, 0.2) is 0 Å². The summed E-state index contributed by atoms with van der Waals surface area (Å²) in [6, 6.07) is 7.59. The van der Waals surface area contributed by atoms with E-state index in [1.165, 1.54) is 6.07 Å². The van der Waals surface area contributed by atoms with Gasteiger partial charge in [-0.3, -0.25) is 0 Å². The summed E-state index contributed by atoms with van der Waals surface area (Å²) in [6.45, 7) is 2.90. The molecule has 4 nitrogen and oxygen atoms in total. The van der Waals surface area contributed by atoms with Crippen molar-refractivity contribution in [3.63, 3.8) is 0 Å². The topological polar surface area (TPSA) is 36.5 Å². The van der Waals surface area contributed by atoms with Crippen LogP contribution in [0.3, 0.4) is 0 Å². The van der Waals surface area contributed by atoms with Gasteiger partial charge in [0, 0.05) is 30.6 Å².